The van der Waals surface area contributed by atoms with E-state index in [0.717, 1.165) is 0 Å². The Kier molecular flexibility index (Phi) is 4.35. The Labute approximate surface area is 100 Å². The minimum absolute atomic E-state index is 0.204. The van der Waals surface area contributed by atoms with E-state index < -0.39 is 0 Å². The number of nitrogen functional groups attached to an aromatic ring is 1. The Morgan fingerprint density at radius 1 is 1.59 bits per heavy atom. The molecule has 1 amide bonds. The van der Waals surface area contributed by atoms with Gasteiger partial charge in [-0.1, -0.05) is 0 Å². The molecular weight excluding hydrogens is 218 g/mol. The van der Waals surface area contributed by atoms with Crippen LogP contribution in [0, 0.1) is 11.3 Å². The third-order valence-electron chi connectivity index (χ3n) is 2.36. The van der Waals surface area contributed by atoms with Crippen LogP contribution in [0.2, 0.25) is 0 Å². The van der Waals surface area contributed by atoms with E-state index in [1.54, 1.807) is 25.2 Å². The van der Waals surface area contributed by atoms with Gasteiger partial charge in [0.25, 0.3) is 5.91 Å². The van der Waals surface area contributed by atoms with Crippen molar-refractivity contribution in [2.45, 2.75) is 6.42 Å². The molecule has 90 valence electrons. The molecule has 0 bridgehead atoms. The van der Waals surface area contributed by atoms with E-state index in [-0.39, 0.29) is 5.91 Å². The zero-order valence-electron chi connectivity index (χ0n) is 9.93. The molecule has 5 nitrogen and oxygen atoms in total. The van der Waals surface area contributed by atoms with Crippen molar-refractivity contribution < 1.29 is 9.53 Å². The van der Waals surface area contributed by atoms with Gasteiger partial charge < -0.3 is 15.4 Å². The normalized spacial score (nSPS) is 9.47. The molecule has 0 spiro atoms. The van der Waals surface area contributed by atoms with Gasteiger partial charge in [0.05, 0.1) is 25.2 Å². The van der Waals surface area contributed by atoms with Crippen molar-refractivity contribution in [1.82, 2.24) is 4.90 Å². The molecule has 0 fully saturated rings. The predicted octanol–water partition coefficient (Wildman–Crippen LogP) is 1.26. The topological polar surface area (TPSA) is 79.3 Å². The van der Waals surface area contributed by atoms with E-state index >= 15 is 0 Å². The van der Waals surface area contributed by atoms with E-state index in [9.17, 15) is 4.79 Å². The van der Waals surface area contributed by atoms with Crippen molar-refractivity contribution in [2.24, 2.45) is 0 Å². The Hall–Kier alpha value is -2.22. The van der Waals surface area contributed by atoms with Gasteiger partial charge in [-0.3, -0.25) is 4.79 Å². The summed E-state index contributed by atoms with van der Waals surface area (Å²) in [6, 6.07) is 6.89. The summed E-state index contributed by atoms with van der Waals surface area (Å²) in [5, 5.41) is 8.48. The Morgan fingerprint density at radius 2 is 2.29 bits per heavy atom. The summed E-state index contributed by atoms with van der Waals surface area (Å²) < 4.78 is 5.11. The zero-order chi connectivity index (χ0) is 12.8. The second-order valence-electron chi connectivity index (χ2n) is 3.59. The van der Waals surface area contributed by atoms with Gasteiger partial charge in [0.2, 0.25) is 0 Å². The number of amides is 1. The molecule has 1 rings (SSSR count). The lowest BCUT2D eigenvalue weighted by Gasteiger charge is -2.17. The minimum Gasteiger partial charge on any atom is -0.496 e. The van der Waals surface area contributed by atoms with Crippen molar-refractivity contribution in [2.75, 3.05) is 26.4 Å². The molecule has 0 aliphatic rings. The summed E-state index contributed by atoms with van der Waals surface area (Å²) in [6.45, 7) is 0.382. The summed E-state index contributed by atoms with van der Waals surface area (Å²) in [6.07, 6.45) is 0.298. The van der Waals surface area contributed by atoms with Crippen molar-refractivity contribution in [3.63, 3.8) is 0 Å². The molecule has 0 radical (unpaired) electrons. The molecule has 0 aliphatic heterocycles. The molecule has 0 saturated heterocycles. The van der Waals surface area contributed by atoms with Crippen LogP contribution in [0.4, 0.5) is 5.69 Å². The standard InChI is InChI=1S/C12H15N3O2/c1-15(7-3-6-13)12(16)10-8-9(14)4-5-11(10)17-2/h4-5,8H,3,7,14H2,1-2H3. The first-order valence-electron chi connectivity index (χ1n) is 5.16. The molecule has 0 heterocycles. The zero-order valence-corrected chi connectivity index (χ0v) is 9.93. The number of nitrogens with two attached hydrogens (primary N) is 1. The second kappa shape index (κ2) is 5.75. The summed E-state index contributed by atoms with van der Waals surface area (Å²) in [4.78, 5) is 13.5. The molecule has 0 unspecified atom stereocenters. The molecule has 17 heavy (non-hydrogen) atoms. The van der Waals surface area contributed by atoms with Crippen LogP contribution in [-0.2, 0) is 0 Å². The SMILES string of the molecule is COc1ccc(N)cc1C(=O)N(C)CCC#N. The lowest BCUT2D eigenvalue weighted by atomic mass is 10.1. The molecule has 0 aliphatic carbocycles. The first-order chi connectivity index (χ1) is 8.10. The number of carbonyl (C=O) groups excluding carboxylic acids is 1. The van der Waals surface area contributed by atoms with Crippen LogP contribution in [0.5, 0.6) is 5.75 Å². The van der Waals surface area contributed by atoms with Gasteiger partial charge in [-0.05, 0) is 18.2 Å². The first-order valence-corrected chi connectivity index (χ1v) is 5.16. The number of rotatable bonds is 4. The summed E-state index contributed by atoms with van der Waals surface area (Å²) >= 11 is 0. The van der Waals surface area contributed by atoms with Gasteiger partial charge in [-0.25, -0.2) is 0 Å². The number of anilines is 1. The van der Waals surface area contributed by atoms with Crippen LogP contribution in [0.1, 0.15) is 16.8 Å². The van der Waals surface area contributed by atoms with Crippen LogP contribution in [-0.4, -0.2) is 31.5 Å². The number of nitrogens with zero attached hydrogens (tertiary/aromatic N) is 2. The third-order valence-corrected chi connectivity index (χ3v) is 2.36. The lowest BCUT2D eigenvalue weighted by Crippen LogP contribution is -2.28. The first kappa shape index (κ1) is 12.8. The summed E-state index contributed by atoms with van der Waals surface area (Å²) in [5.74, 6) is 0.275. The van der Waals surface area contributed by atoms with Crippen LogP contribution < -0.4 is 10.5 Å². The number of carbonyl (C=O) groups is 1. The fourth-order valence-corrected chi connectivity index (χ4v) is 1.42. The largest absolute Gasteiger partial charge is 0.496 e. The molecule has 0 atom stereocenters. The quantitative estimate of drug-likeness (QED) is 0.794. The fraction of sp³-hybridized carbons (Fsp3) is 0.333. The van der Waals surface area contributed by atoms with Gasteiger partial charge >= 0.3 is 0 Å². The number of hydrogen-bond acceptors (Lipinski definition) is 4. The number of hydrogen-bond donors (Lipinski definition) is 1. The minimum atomic E-state index is -0.204. The van der Waals surface area contributed by atoms with E-state index in [2.05, 4.69) is 0 Å². The molecule has 5 heteroatoms. The predicted molar refractivity (Wildman–Crippen MR) is 64.6 cm³/mol. The highest BCUT2D eigenvalue weighted by Crippen LogP contribution is 2.22. The van der Waals surface area contributed by atoms with Gasteiger partial charge in [0, 0.05) is 19.3 Å². The maximum atomic E-state index is 12.1. The molecule has 2 N–H and O–H groups in total. The number of benzene rings is 1. The Balaban J connectivity index is 2.95. The van der Waals surface area contributed by atoms with Gasteiger partial charge in [-0.15, -0.1) is 0 Å². The highest BCUT2D eigenvalue weighted by molar-refractivity contribution is 5.97. The third kappa shape index (κ3) is 3.11. The highest BCUT2D eigenvalue weighted by atomic mass is 16.5. The number of nitriles is 1. The fourth-order valence-electron chi connectivity index (χ4n) is 1.42. The van der Waals surface area contributed by atoms with Crippen molar-refractivity contribution in [1.29, 1.82) is 5.26 Å². The van der Waals surface area contributed by atoms with Crippen molar-refractivity contribution >= 4 is 11.6 Å². The van der Waals surface area contributed by atoms with Gasteiger partial charge in [0.15, 0.2) is 0 Å². The van der Waals surface area contributed by atoms with Crippen LogP contribution in [0.3, 0.4) is 0 Å². The van der Waals surface area contributed by atoms with Crippen LogP contribution >= 0.6 is 0 Å². The lowest BCUT2D eigenvalue weighted by molar-refractivity contribution is 0.0794. The van der Waals surface area contributed by atoms with E-state index in [4.69, 9.17) is 15.7 Å². The van der Waals surface area contributed by atoms with E-state index in [0.29, 0.717) is 30.0 Å². The number of ether oxygens (including phenoxy) is 1. The Bertz CT molecular complexity index is 452. The number of methoxy groups -OCH3 is 1. The van der Waals surface area contributed by atoms with Crippen molar-refractivity contribution in [3.8, 4) is 11.8 Å². The van der Waals surface area contributed by atoms with E-state index in [1.165, 1.54) is 12.0 Å². The average Bonchev–Trinajstić information content (AvgIpc) is 2.34. The van der Waals surface area contributed by atoms with Gasteiger partial charge in [0.1, 0.15) is 5.75 Å². The summed E-state index contributed by atoms with van der Waals surface area (Å²) in [7, 11) is 3.14. The molecule has 1 aromatic rings. The highest BCUT2D eigenvalue weighted by Gasteiger charge is 2.16. The second-order valence-corrected chi connectivity index (χ2v) is 3.59. The Morgan fingerprint density at radius 3 is 2.88 bits per heavy atom. The molecular formula is C12H15N3O2. The maximum Gasteiger partial charge on any atom is 0.257 e. The summed E-state index contributed by atoms with van der Waals surface area (Å²) in [5.41, 5.74) is 6.55. The molecule has 0 saturated carbocycles. The van der Waals surface area contributed by atoms with Crippen molar-refractivity contribution in [3.05, 3.63) is 23.8 Å². The molecule has 0 aromatic heterocycles. The molecule has 1 aromatic carbocycles. The monoisotopic (exact) mass is 233 g/mol. The maximum absolute atomic E-state index is 12.1. The van der Waals surface area contributed by atoms with Crippen LogP contribution in [0.15, 0.2) is 18.2 Å². The van der Waals surface area contributed by atoms with Gasteiger partial charge in [-0.2, -0.15) is 5.26 Å². The smallest absolute Gasteiger partial charge is 0.257 e. The van der Waals surface area contributed by atoms with Crippen LogP contribution in [0.25, 0.3) is 0 Å². The van der Waals surface area contributed by atoms with E-state index in [1.807, 2.05) is 6.07 Å². The average molecular weight is 233 g/mol.